The highest BCUT2D eigenvalue weighted by Crippen LogP contribution is 2.26. The standard InChI is InChI=1S/C20H19ClN2O4/c1-13(27-15-7-5-6-14(10-15)12-22)20(25)23-18(11-19(24)26-2)16-8-3-4-9-17(16)21/h3-10,13,18H,11H2,1-2H3,(H,23,25). The molecule has 0 bridgehead atoms. The van der Waals surface area contributed by atoms with E-state index in [1.54, 1.807) is 55.5 Å². The third-order valence-electron chi connectivity index (χ3n) is 3.84. The van der Waals surface area contributed by atoms with Gasteiger partial charge in [0.25, 0.3) is 5.91 Å². The molecule has 0 saturated heterocycles. The molecule has 140 valence electrons. The van der Waals surface area contributed by atoms with Crippen molar-refractivity contribution in [2.24, 2.45) is 0 Å². The van der Waals surface area contributed by atoms with E-state index in [1.807, 2.05) is 6.07 Å². The number of rotatable bonds is 7. The third-order valence-corrected chi connectivity index (χ3v) is 4.19. The molecule has 0 heterocycles. The van der Waals surface area contributed by atoms with Gasteiger partial charge in [-0.2, -0.15) is 5.26 Å². The number of nitrogens with one attached hydrogen (secondary N) is 1. The molecule has 0 aliphatic rings. The van der Waals surface area contributed by atoms with Gasteiger partial charge in [-0.15, -0.1) is 0 Å². The number of halogens is 1. The summed E-state index contributed by atoms with van der Waals surface area (Å²) in [5.74, 6) is -0.499. The first-order chi connectivity index (χ1) is 12.9. The van der Waals surface area contributed by atoms with Crippen LogP contribution < -0.4 is 10.1 Å². The highest BCUT2D eigenvalue weighted by atomic mass is 35.5. The van der Waals surface area contributed by atoms with Crippen LogP contribution in [0.15, 0.2) is 48.5 Å². The molecule has 7 heteroatoms. The summed E-state index contributed by atoms with van der Waals surface area (Å²) in [6.07, 6.45) is -0.913. The molecule has 2 unspecified atom stereocenters. The minimum Gasteiger partial charge on any atom is -0.481 e. The van der Waals surface area contributed by atoms with Gasteiger partial charge in [0, 0.05) is 5.02 Å². The van der Waals surface area contributed by atoms with E-state index >= 15 is 0 Å². The second kappa shape index (κ2) is 9.60. The fourth-order valence-corrected chi connectivity index (χ4v) is 2.70. The van der Waals surface area contributed by atoms with E-state index in [9.17, 15) is 9.59 Å². The zero-order valence-corrected chi connectivity index (χ0v) is 15.7. The van der Waals surface area contributed by atoms with Gasteiger partial charge in [0.2, 0.25) is 0 Å². The molecule has 2 aromatic carbocycles. The van der Waals surface area contributed by atoms with Gasteiger partial charge >= 0.3 is 5.97 Å². The summed E-state index contributed by atoms with van der Waals surface area (Å²) in [4.78, 5) is 24.3. The lowest BCUT2D eigenvalue weighted by Crippen LogP contribution is -2.39. The van der Waals surface area contributed by atoms with Crippen molar-refractivity contribution in [1.82, 2.24) is 5.32 Å². The van der Waals surface area contributed by atoms with E-state index in [4.69, 9.17) is 26.3 Å². The van der Waals surface area contributed by atoms with E-state index in [0.717, 1.165) is 0 Å². The SMILES string of the molecule is COC(=O)CC(NC(=O)C(C)Oc1cccc(C#N)c1)c1ccccc1Cl. The van der Waals surface area contributed by atoms with Crippen LogP contribution in [0.4, 0.5) is 0 Å². The van der Waals surface area contributed by atoms with Crippen molar-refractivity contribution in [3.05, 3.63) is 64.7 Å². The summed E-state index contributed by atoms with van der Waals surface area (Å²) in [7, 11) is 1.28. The molecule has 27 heavy (non-hydrogen) atoms. The molecule has 2 rings (SSSR count). The molecule has 0 radical (unpaired) electrons. The lowest BCUT2D eigenvalue weighted by atomic mass is 10.0. The van der Waals surface area contributed by atoms with Crippen LogP contribution >= 0.6 is 11.6 Å². The molecule has 2 aromatic rings. The van der Waals surface area contributed by atoms with Crippen LogP contribution in [-0.2, 0) is 14.3 Å². The predicted molar refractivity (Wildman–Crippen MR) is 100 cm³/mol. The number of amides is 1. The Bertz CT molecular complexity index is 863. The maximum absolute atomic E-state index is 12.6. The number of carbonyl (C=O) groups excluding carboxylic acids is 2. The Morgan fingerprint density at radius 1 is 1.22 bits per heavy atom. The van der Waals surface area contributed by atoms with Crippen molar-refractivity contribution in [2.45, 2.75) is 25.5 Å². The van der Waals surface area contributed by atoms with Crippen molar-refractivity contribution in [3.63, 3.8) is 0 Å². The molecule has 0 saturated carbocycles. The monoisotopic (exact) mass is 386 g/mol. The van der Waals surface area contributed by atoms with Crippen molar-refractivity contribution >= 4 is 23.5 Å². The van der Waals surface area contributed by atoms with Crippen LogP contribution in [0.5, 0.6) is 5.75 Å². The normalized spacial score (nSPS) is 12.4. The van der Waals surface area contributed by atoms with Gasteiger partial charge in [-0.3, -0.25) is 9.59 Å². The molecule has 0 spiro atoms. The number of nitriles is 1. The van der Waals surface area contributed by atoms with Gasteiger partial charge in [0.15, 0.2) is 6.10 Å². The van der Waals surface area contributed by atoms with E-state index in [0.29, 0.717) is 21.9 Å². The van der Waals surface area contributed by atoms with Crippen molar-refractivity contribution < 1.29 is 19.1 Å². The summed E-state index contributed by atoms with van der Waals surface area (Å²) < 4.78 is 10.3. The summed E-state index contributed by atoms with van der Waals surface area (Å²) >= 11 is 6.21. The van der Waals surface area contributed by atoms with Gasteiger partial charge in [0.05, 0.1) is 31.2 Å². The maximum Gasteiger partial charge on any atom is 0.307 e. The average molecular weight is 387 g/mol. The highest BCUT2D eigenvalue weighted by Gasteiger charge is 2.24. The van der Waals surface area contributed by atoms with E-state index in [-0.39, 0.29) is 6.42 Å². The van der Waals surface area contributed by atoms with Gasteiger partial charge in [-0.05, 0) is 36.8 Å². The number of ether oxygens (including phenoxy) is 2. The first-order valence-corrected chi connectivity index (χ1v) is 8.60. The Kier molecular flexibility index (Phi) is 7.21. The lowest BCUT2D eigenvalue weighted by Gasteiger charge is -2.22. The Morgan fingerprint density at radius 3 is 2.63 bits per heavy atom. The molecular weight excluding hydrogens is 368 g/mol. The molecule has 0 aromatic heterocycles. The van der Waals surface area contributed by atoms with Gasteiger partial charge < -0.3 is 14.8 Å². The first kappa shape index (κ1) is 20.3. The van der Waals surface area contributed by atoms with E-state index in [2.05, 4.69) is 5.32 Å². The van der Waals surface area contributed by atoms with Crippen molar-refractivity contribution in [2.75, 3.05) is 7.11 Å². The molecular formula is C20H19ClN2O4. The van der Waals surface area contributed by atoms with Gasteiger partial charge in [-0.1, -0.05) is 35.9 Å². The quantitative estimate of drug-likeness (QED) is 0.737. The molecule has 0 aliphatic heterocycles. The molecule has 0 aliphatic carbocycles. The van der Waals surface area contributed by atoms with Crippen molar-refractivity contribution in [3.8, 4) is 11.8 Å². The fraction of sp³-hybridized carbons (Fsp3) is 0.250. The van der Waals surface area contributed by atoms with Crippen LogP contribution in [0.25, 0.3) is 0 Å². The van der Waals surface area contributed by atoms with Crippen LogP contribution in [0.3, 0.4) is 0 Å². The Balaban J connectivity index is 2.13. The minimum atomic E-state index is -0.846. The number of hydrogen-bond acceptors (Lipinski definition) is 5. The van der Waals surface area contributed by atoms with Crippen molar-refractivity contribution in [1.29, 1.82) is 5.26 Å². The minimum absolute atomic E-state index is 0.0669. The van der Waals surface area contributed by atoms with E-state index < -0.39 is 24.0 Å². The second-order valence-electron chi connectivity index (χ2n) is 5.76. The molecule has 0 fully saturated rings. The smallest absolute Gasteiger partial charge is 0.307 e. The maximum atomic E-state index is 12.6. The Labute approximate surface area is 162 Å². The number of nitrogens with zero attached hydrogens (tertiary/aromatic N) is 1. The highest BCUT2D eigenvalue weighted by molar-refractivity contribution is 6.31. The molecule has 6 nitrogen and oxygen atoms in total. The Hall–Kier alpha value is -3.04. The number of esters is 1. The Morgan fingerprint density at radius 2 is 1.96 bits per heavy atom. The second-order valence-corrected chi connectivity index (χ2v) is 6.17. The summed E-state index contributed by atoms with van der Waals surface area (Å²) in [6.45, 7) is 1.58. The number of methoxy groups -OCH3 is 1. The van der Waals surface area contributed by atoms with E-state index in [1.165, 1.54) is 7.11 Å². The largest absolute Gasteiger partial charge is 0.481 e. The zero-order chi connectivity index (χ0) is 19.8. The van der Waals surface area contributed by atoms with Gasteiger partial charge in [-0.25, -0.2) is 0 Å². The average Bonchev–Trinajstić information content (AvgIpc) is 2.67. The molecule has 1 amide bonds. The number of carbonyl (C=O) groups is 2. The van der Waals surface area contributed by atoms with Gasteiger partial charge in [0.1, 0.15) is 5.75 Å². The molecule has 2 atom stereocenters. The topological polar surface area (TPSA) is 88.4 Å². The van der Waals surface area contributed by atoms with Crippen LogP contribution in [0.2, 0.25) is 5.02 Å². The summed E-state index contributed by atoms with van der Waals surface area (Å²) in [5.41, 5.74) is 1.04. The predicted octanol–water partition coefficient (Wildman–Crippen LogP) is 3.40. The number of benzene rings is 2. The molecule has 1 N–H and O–H groups in total. The zero-order valence-electron chi connectivity index (χ0n) is 14.9. The van der Waals surface area contributed by atoms with Crippen LogP contribution in [0.1, 0.15) is 30.5 Å². The third kappa shape index (κ3) is 5.73. The number of hydrogen-bond donors (Lipinski definition) is 1. The lowest BCUT2D eigenvalue weighted by molar-refractivity contribution is -0.141. The summed E-state index contributed by atoms with van der Waals surface area (Å²) in [6, 6.07) is 14.8. The van der Waals surface area contributed by atoms with Crippen LogP contribution in [-0.4, -0.2) is 25.1 Å². The first-order valence-electron chi connectivity index (χ1n) is 8.23. The summed E-state index contributed by atoms with van der Waals surface area (Å²) in [5, 5.41) is 12.1. The van der Waals surface area contributed by atoms with Crippen LogP contribution in [0, 0.1) is 11.3 Å². The fourth-order valence-electron chi connectivity index (χ4n) is 2.43.